The van der Waals surface area contributed by atoms with Crippen LogP contribution in [0.25, 0.3) is 0 Å². The standard InChI is InChI=1S/C23H24ClF3N4O4S/c1-30(14-3-4-14)17(11-28-22(34)18-6-7-19(24)36-18)21(33)29-13-2-5-16(15(10-13)23(25,26)27)31-8-9-35-12-20(31)32/h2,5-7,10,14,17H,3-4,8-9,11-12H2,1H3,(H,28,34)(H,29,33)/t17-/m1/s1. The van der Waals surface area contributed by atoms with Gasteiger partial charge in [-0.3, -0.25) is 19.3 Å². The van der Waals surface area contributed by atoms with E-state index < -0.39 is 35.5 Å². The van der Waals surface area contributed by atoms with Crippen LogP contribution in [0.15, 0.2) is 30.3 Å². The predicted octanol–water partition coefficient (Wildman–Crippen LogP) is 3.61. The minimum Gasteiger partial charge on any atom is -0.370 e. The Balaban J connectivity index is 1.52. The Morgan fingerprint density at radius 3 is 2.64 bits per heavy atom. The molecule has 2 fully saturated rings. The average Bonchev–Trinajstić information content (AvgIpc) is 3.59. The molecule has 2 N–H and O–H groups in total. The fourth-order valence-corrected chi connectivity index (χ4v) is 4.90. The molecule has 2 heterocycles. The Hall–Kier alpha value is -2.67. The first-order valence-corrected chi connectivity index (χ1v) is 12.4. The van der Waals surface area contributed by atoms with Gasteiger partial charge in [0.15, 0.2) is 0 Å². The molecule has 1 saturated carbocycles. The Morgan fingerprint density at radius 1 is 1.28 bits per heavy atom. The van der Waals surface area contributed by atoms with Crippen LogP contribution in [0.4, 0.5) is 24.5 Å². The highest BCUT2D eigenvalue weighted by atomic mass is 35.5. The number of morpholine rings is 1. The zero-order chi connectivity index (χ0) is 26.0. The van der Waals surface area contributed by atoms with Crippen LogP contribution in [0, 0.1) is 0 Å². The van der Waals surface area contributed by atoms with E-state index >= 15 is 0 Å². The van der Waals surface area contributed by atoms with E-state index in [1.165, 1.54) is 12.1 Å². The third-order valence-electron chi connectivity index (χ3n) is 6.02. The van der Waals surface area contributed by atoms with Gasteiger partial charge in [-0.05, 0) is 50.2 Å². The number of likely N-dealkylation sites (N-methyl/N-ethyl adjacent to an activating group) is 1. The van der Waals surface area contributed by atoms with Crippen molar-refractivity contribution < 1.29 is 32.3 Å². The lowest BCUT2D eigenvalue weighted by atomic mass is 10.1. The molecule has 4 rings (SSSR count). The number of hydrogen-bond donors (Lipinski definition) is 2. The van der Waals surface area contributed by atoms with Gasteiger partial charge in [-0.15, -0.1) is 11.3 Å². The third kappa shape index (κ3) is 6.17. The van der Waals surface area contributed by atoms with Crippen LogP contribution < -0.4 is 15.5 Å². The third-order valence-corrected chi connectivity index (χ3v) is 7.25. The predicted molar refractivity (Wildman–Crippen MR) is 129 cm³/mol. The molecule has 13 heteroatoms. The van der Waals surface area contributed by atoms with Crippen LogP contribution in [-0.4, -0.2) is 68.1 Å². The van der Waals surface area contributed by atoms with E-state index in [1.807, 2.05) is 4.90 Å². The van der Waals surface area contributed by atoms with E-state index in [4.69, 9.17) is 16.3 Å². The van der Waals surface area contributed by atoms with Crippen molar-refractivity contribution in [3.8, 4) is 0 Å². The second-order valence-electron chi connectivity index (χ2n) is 8.54. The first kappa shape index (κ1) is 26.4. The van der Waals surface area contributed by atoms with Crippen molar-refractivity contribution in [2.45, 2.75) is 31.1 Å². The lowest BCUT2D eigenvalue weighted by Gasteiger charge is -2.30. The first-order chi connectivity index (χ1) is 17.0. The highest BCUT2D eigenvalue weighted by Gasteiger charge is 2.38. The first-order valence-electron chi connectivity index (χ1n) is 11.2. The summed E-state index contributed by atoms with van der Waals surface area (Å²) in [5, 5.41) is 5.26. The number of nitrogens with zero attached hydrogens (tertiary/aromatic N) is 2. The summed E-state index contributed by atoms with van der Waals surface area (Å²) in [6, 6.07) is 5.81. The Bertz CT molecular complexity index is 1150. The van der Waals surface area contributed by atoms with Crippen LogP contribution in [0.1, 0.15) is 28.1 Å². The summed E-state index contributed by atoms with van der Waals surface area (Å²) >= 11 is 6.98. The molecule has 3 amide bonds. The molecule has 2 aromatic rings. The Labute approximate surface area is 214 Å². The monoisotopic (exact) mass is 544 g/mol. The van der Waals surface area contributed by atoms with E-state index in [0.29, 0.717) is 9.21 Å². The summed E-state index contributed by atoms with van der Waals surface area (Å²) in [6.45, 7) is -0.217. The summed E-state index contributed by atoms with van der Waals surface area (Å²) < 4.78 is 47.1. The number of carbonyl (C=O) groups is 3. The number of carbonyl (C=O) groups excluding carboxylic acids is 3. The highest BCUT2D eigenvalue weighted by Crippen LogP contribution is 2.39. The minimum absolute atomic E-state index is 0.00295. The zero-order valence-corrected chi connectivity index (χ0v) is 20.8. The second kappa shape index (κ2) is 10.8. The molecule has 1 aromatic heterocycles. The molecule has 8 nitrogen and oxygen atoms in total. The summed E-state index contributed by atoms with van der Waals surface area (Å²) in [5.74, 6) is -1.53. The van der Waals surface area contributed by atoms with Crippen molar-refractivity contribution in [1.29, 1.82) is 0 Å². The van der Waals surface area contributed by atoms with Crippen LogP contribution in [-0.2, 0) is 20.5 Å². The molecular formula is C23H24ClF3N4O4S. The normalized spacial score (nSPS) is 17.3. The van der Waals surface area contributed by atoms with E-state index in [1.54, 1.807) is 19.2 Å². The number of ether oxygens (including phenoxy) is 1. The Kier molecular flexibility index (Phi) is 7.88. The fraction of sp³-hybridized carbons (Fsp3) is 0.435. The largest absolute Gasteiger partial charge is 0.418 e. The quantitative estimate of drug-likeness (QED) is 0.530. The molecule has 0 unspecified atom stereocenters. The minimum atomic E-state index is -4.76. The number of nitrogens with one attached hydrogen (secondary N) is 2. The number of thiophene rings is 1. The molecule has 1 aliphatic heterocycles. The lowest BCUT2D eigenvalue weighted by Crippen LogP contribution is -2.50. The fourth-order valence-electron chi connectivity index (χ4n) is 3.95. The van der Waals surface area contributed by atoms with Gasteiger partial charge in [0.25, 0.3) is 11.8 Å². The molecule has 2 aliphatic rings. The van der Waals surface area contributed by atoms with Crippen molar-refractivity contribution in [3.63, 3.8) is 0 Å². The molecule has 36 heavy (non-hydrogen) atoms. The SMILES string of the molecule is CN(C1CC1)[C@H](CNC(=O)c1ccc(Cl)s1)C(=O)Nc1ccc(N2CCOCC2=O)c(C(F)(F)F)c1. The van der Waals surface area contributed by atoms with E-state index in [9.17, 15) is 27.6 Å². The smallest absolute Gasteiger partial charge is 0.370 e. The van der Waals surface area contributed by atoms with Gasteiger partial charge in [0, 0.05) is 24.8 Å². The van der Waals surface area contributed by atoms with Gasteiger partial charge in [-0.1, -0.05) is 11.6 Å². The van der Waals surface area contributed by atoms with Gasteiger partial charge in [0.05, 0.1) is 27.1 Å². The summed E-state index contributed by atoms with van der Waals surface area (Å²) in [6.07, 6.45) is -2.99. The van der Waals surface area contributed by atoms with Crippen molar-refractivity contribution in [1.82, 2.24) is 10.2 Å². The number of halogens is 4. The molecule has 0 bridgehead atoms. The number of amides is 3. The van der Waals surface area contributed by atoms with Gasteiger partial charge < -0.3 is 20.3 Å². The summed E-state index contributed by atoms with van der Waals surface area (Å²) in [5.41, 5.74) is -1.39. The second-order valence-corrected chi connectivity index (χ2v) is 10.3. The molecule has 1 saturated heterocycles. The summed E-state index contributed by atoms with van der Waals surface area (Å²) in [4.78, 5) is 40.9. The topological polar surface area (TPSA) is 91.0 Å². The summed E-state index contributed by atoms with van der Waals surface area (Å²) in [7, 11) is 1.74. The number of anilines is 2. The van der Waals surface area contributed by atoms with Crippen LogP contribution in [0.5, 0.6) is 0 Å². The van der Waals surface area contributed by atoms with Crippen LogP contribution >= 0.6 is 22.9 Å². The zero-order valence-electron chi connectivity index (χ0n) is 19.2. The molecular weight excluding hydrogens is 521 g/mol. The number of benzene rings is 1. The maximum atomic E-state index is 13.9. The van der Waals surface area contributed by atoms with Crippen molar-refractivity contribution in [2.75, 3.05) is 43.6 Å². The molecule has 194 valence electrons. The lowest BCUT2D eigenvalue weighted by molar-refractivity contribution is -0.137. The maximum absolute atomic E-state index is 13.9. The number of rotatable bonds is 8. The average molecular weight is 545 g/mol. The molecule has 0 spiro atoms. The van der Waals surface area contributed by atoms with E-state index in [-0.39, 0.29) is 43.7 Å². The van der Waals surface area contributed by atoms with Gasteiger partial charge in [-0.2, -0.15) is 13.2 Å². The highest BCUT2D eigenvalue weighted by molar-refractivity contribution is 7.18. The van der Waals surface area contributed by atoms with Gasteiger partial charge in [0.2, 0.25) is 5.91 Å². The number of hydrogen-bond acceptors (Lipinski definition) is 6. The Morgan fingerprint density at radius 2 is 2.03 bits per heavy atom. The molecule has 1 aliphatic carbocycles. The van der Waals surface area contributed by atoms with Gasteiger partial charge >= 0.3 is 6.18 Å². The van der Waals surface area contributed by atoms with Gasteiger partial charge in [0.1, 0.15) is 12.6 Å². The molecule has 1 atom stereocenters. The number of alkyl halides is 3. The van der Waals surface area contributed by atoms with Gasteiger partial charge in [-0.25, -0.2) is 0 Å². The molecule has 0 radical (unpaired) electrons. The molecule has 1 aromatic carbocycles. The van der Waals surface area contributed by atoms with Crippen LogP contribution in [0.3, 0.4) is 0 Å². The maximum Gasteiger partial charge on any atom is 0.418 e. The van der Waals surface area contributed by atoms with Crippen molar-refractivity contribution in [2.24, 2.45) is 0 Å². The van der Waals surface area contributed by atoms with Crippen molar-refractivity contribution in [3.05, 3.63) is 45.1 Å². The van der Waals surface area contributed by atoms with Crippen LogP contribution in [0.2, 0.25) is 4.34 Å². The van der Waals surface area contributed by atoms with E-state index in [0.717, 1.165) is 35.1 Å². The van der Waals surface area contributed by atoms with E-state index in [2.05, 4.69) is 10.6 Å². The van der Waals surface area contributed by atoms with Crippen molar-refractivity contribution >= 4 is 52.0 Å².